The van der Waals surface area contributed by atoms with Crippen LogP contribution in [0.3, 0.4) is 0 Å². The van der Waals surface area contributed by atoms with Crippen molar-refractivity contribution in [1.82, 2.24) is 9.97 Å². The summed E-state index contributed by atoms with van der Waals surface area (Å²) in [6.07, 6.45) is 0. The summed E-state index contributed by atoms with van der Waals surface area (Å²) in [5.41, 5.74) is -0.171. The number of hydrogen-bond donors (Lipinski definition) is 2. The summed E-state index contributed by atoms with van der Waals surface area (Å²) in [6.45, 7) is 4.52. The van der Waals surface area contributed by atoms with Crippen LogP contribution in [0.25, 0.3) is 0 Å². The molecule has 1 aliphatic heterocycles. The molecule has 0 aliphatic carbocycles. The van der Waals surface area contributed by atoms with Crippen LogP contribution in [0.2, 0.25) is 5.02 Å². The summed E-state index contributed by atoms with van der Waals surface area (Å²) in [6, 6.07) is 13.9. The van der Waals surface area contributed by atoms with E-state index in [1.165, 1.54) is 20.3 Å². The Hall–Kier alpha value is -2.46. The topological polar surface area (TPSA) is 120 Å². The van der Waals surface area contributed by atoms with Crippen molar-refractivity contribution < 1.29 is 33.3 Å². The molecule has 4 rings (SSSR count). The lowest BCUT2D eigenvalue weighted by Gasteiger charge is -2.44. The highest BCUT2D eigenvalue weighted by atomic mass is 35.5. The maximum Gasteiger partial charge on any atom is 0.338 e. The molecule has 0 amide bonds. The maximum absolute atomic E-state index is 12.4. The monoisotopic (exact) mass is 565 g/mol. The van der Waals surface area contributed by atoms with E-state index in [1.807, 2.05) is 44.2 Å². The standard InChI is InChI=1S/C25H27ClN2O7PS/c1-25(2)13-34-36(31,35-14-25)22(15-8-6-5-7-9-15)16-10-11-17(20(21(16)26)23(29)30)37-24-27-18(32-3)12-19(28-24)33-4/h5-12,22,31H,13-14H2,1-4H3,(H,29,30). The molecule has 0 spiro atoms. The highest BCUT2D eigenvalue weighted by molar-refractivity contribution is 7.99. The Morgan fingerprint density at radius 1 is 1.08 bits per heavy atom. The zero-order valence-electron chi connectivity index (χ0n) is 20.7. The number of rotatable bonds is 8. The number of carboxylic acid groups (broad SMARTS) is 1. The van der Waals surface area contributed by atoms with Gasteiger partial charge >= 0.3 is 5.97 Å². The molecule has 12 heteroatoms. The van der Waals surface area contributed by atoms with E-state index >= 15 is 0 Å². The van der Waals surface area contributed by atoms with E-state index in [2.05, 4.69) is 9.97 Å². The molecule has 2 aromatic carbocycles. The summed E-state index contributed by atoms with van der Waals surface area (Å²) in [5.74, 6) is -0.716. The van der Waals surface area contributed by atoms with Crippen LogP contribution in [-0.4, -0.2) is 53.4 Å². The van der Waals surface area contributed by atoms with Gasteiger partial charge in [0.1, 0.15) is 0 Å². The lowest BCUT2D eigenvalue weighted by atomic mass is 9.97. The molecule has 2 N–H and O–H groups in total. The quantitative estimate of drug-likeness (QED) is 0.252. The number of methoxy groups -OCH3 is 2. The molecule has 1 atom stereocenters. The summed E-state index contributed by atoms with van der Waals surface area (Å²) in [5, 5.41) is 10.3. The summed E-state index contributed by atoms with van der Waals surface area (Å²) in [7, 11) is -0.605. The van der Waals surface area contributed by atoms with Gasteiger partial charge in [-0.2, -0.15) is 9.97 Å². The van der Waals surface area contributed by atoms with Crippen molar-refractivity contribution in [3.8, 4) is 11.8 Å². The number of benzene rings is 2. The van der Waals surface area contributed by atoms with Gasteiger partial charge < -0.3 is 28.5 Å². The van der Waals surface area contributed by atoms with Crippen LogP contribution >= 0.6 is 31.3 Å². The summed E-state index contributed by atoms with van der Waals surface area (Å²) < 4.78 is 22.3. The first-order valence-corrected chi connectivity index (χ1v) is 14.1. The third-order valence-corrected chi connectivity index (χ3v) is 9.20. The van der Waals surface area contributed by atoms with Crippen LogP contribution in [0, 0.1) is 5.41 Å². The molecular formula is C25H27ClN2O7PS. The lowest BCUT2D eigenvalue weighted by Crippen LogP contribution is -2.33. The number of halogens is 1. The van der Waals surface area contributed by atoms with E-state index in [0.717, 1.165) is 11.8 Å². The molecule has 0 bridgehead atoms. The number of carboxylic acids is 1. The van der Waals surface area contributed by atoms with Crippen LogP contribution in [-0.2, 0) is 9.05 Å². The van der Waals surface area contributed by atoms with Gasteiger partial charge in [0.15, 0.2) is 5.16 Å². The van der Waals surface area contributed by atoms with E-state index in [9.17, 15) is 14.8 Å². The fraction of sp³-hybridized carbons (Fsp3) is 0.320. The van der Waals surface area contributed by atoms with Gasteiger partial charge in [-0.15, -0.1) is 0 Å². The molecule has 1 fully saturated rings. The van der Waals surface area contributed by atoms with Gasteiger partial charge in [0.2, 0.25) is 19.7 Å². The minimum absolute atomic E-state index is 0.0355. The largest absolute Gasteiger partial charge is 0.481 e. The highest BCUT2D eigenvalue weighted by Crippen LogP contribution is 2.73. The number of aromatic nitrogens is 2. The first kappa shape index (κ1) is 27.6. The second-order valence-electron chi connectivity index (χ2n) is 9.07. The van der Waals surface area contributed by atoms with Gasteiger partial charge in [0.05, 0.1) is 49.7 Å². The Morgan fingerprint density at radius 3 is 2.22 bits per heavy atom. The first-order valence-electron chi connectivity index (χ1n) is 11.2. The predicted octanol–water partition coefficient (Wildman–Crippen LogP) is 5.91. The van der Waals surface area contributed by atoms with E-state index < -0.39 is 19.6 Å². The van der Waals surface area contributed by atoms with Crippen molar-refractivity contribution >= 4 is 37.3 Å². The van der Waals surface area contributed by atoms with Gasteiger partial charge in [-0.3, -0.25) is 0 Å². The Kier molecular flexibility index (Phi) is 8.28. The van der Waals surface area contributed by atoms with Crippen molar-refractivity contribution in [2.24, 2.45) is 5.41 Å². The van der Waals surface area contributed by atoms with Crippen LogP contribution in [0.1, 0.15) is 41.0 Å². The second kappa shape index (κ2) is 11.1. The summed E-state index contributed by atoms with van der Waals surface area (Å²) >= 11 is 7.79. The molecule has 1 radical (unpaired) electrons. The smallest absolute Gasteiger partial charge is 0.338 e. The molecule has 1 saturated heterocycles. The van der Waals surface area contributed by atoms with E-state index in [0.29, 0.717) is 16.0 Å². The van der Waals surface area contributed by atoms with Crippen LogP contribution in [0.4, 0.5) is 0 Å². The minimum atomic E-state index is -3.52. The van der Waals surface area contributed by atoms with Gasteiger partial charge in [-0.1, -0.05) is 61.8 Å². The number of hydrogen-bond acceptors (Lipinski definition) is 9. The molecular weight excluding hydrogens is 539 g/mol. The zero-order valence-corrected chi connectivity index (χ0v) is 23.1. The molecule has 0 saturated carbocycles. The van der Waals surface area contributed by atoms with Gasteiger partial charge in [-0.05, 0) is 29.0 Å². The number of aromatic carboxylic acids is 1. The number of nitrogens with zero attached hydrogens (tertiary/aromatic N) is 2. The Morgan fingerprint density at radius 2 is 1.68 bits per heavy atom. The SMILES string of the molecule is COc1cc(OC)nc(Sc2ccc(C(c3ccccc3)[P]3(O)OCC(C)(C)CO3)c(Cl)c2C(=O)O)n1. The molecule has 9 nitrogen and oxygen atoms in total. The van der Waals surface area contributed by atoms with Crippen molar-refractivity contribution in [3.05, 3.63) is 70.2 Å². The zero-order chi connectivity index (χ0) is 26.8. The van der Waals surface area contributed by atoms with E-state index in [-0.39, 0.29) is 46.1 Å². The van der Waals surface area contributed by atoms with Crippen molar-refractivity contribution in [3.63, 3.8) is 0 Å². The average molecular weight is 566 g/mol. The normalized spacial score (nSPS) is 17.1. The molecule has 2 heterocycles. The third-order valence-electron chi connectivity index (χ3n) is 5.64. The van der Waals surface area contributed by atoms with Crippen molar-refractivity contribution in [2.45, 2.75) is 29.6 Å². The molecule has 3 aromatic rings. The predicted molar refractivity (Wildman–Crippen MR) is 141 cm³/mol. The minimum Gasteiger partial charge on any atom is -0.481 e. The van der Waals surface area contributed by atoms with Gasteiger partial charge in [-0.25, -0.2) is 4.79 Å². The van der Waals surface area contributed by atoms with E-state index in [4.69, 9.17) is 30.1 Å². The lowest BCUT2D eigenvalue weighted by molar-refractivity contribution is 0.0229. The summed E-state index contributed by atoms with van der Waals surface area (Å²) in [4.78, 5) is 32.9. The van der Waals surface area contributed by atoms with Crippen LogP contribution < -0.4 is 9.47 Å². The van der Waals surface area contributed by atoms with E-state index in [1.54, 1.807) is 12.1 Å². The molecule has 1 aliphatic rings. The molecule has 37 heavy (non-hydrogen) atoms. The number of carbonyl (C=O) groups is 1. The Balaban J connectivity index is 1.81. The van der Waals surface area contributed by atoms with Gasteiger partial charge in [0, 0.05) is 10.3 Å². The Bertz CT molecular complexity index is 1260. The first-order chi connectivity index (χ1) is 17.6. The number of ether oxygens (including phenoxy) is 2. The van der Waals surface area contributed by atoms with Crippen LogP contribution in [0.5, 0.6) is 11.8 Å². The second-order valence-corrected chi connectivity index (χ2v) is 12.6. The maximum atomic E-state index is 12.4. The van der Waals surface area contributed by atoms with Crippen molar-refractivity contribution in [1.29, 1.82) is 0 Å². The third kappa shape index (κ3) is 6.00. The van der Waals surface area contributed by atoms with Crippen molar-refractivity contribution in [2.75, 3.05) is 27.4 Å². The van der Waals surface area contributed by atoms with Gasteiger partial charge in [0.25, 0.3) is 0 Å². The Labute approximate surface area is 224 Å². The molecule has 1 unspecified atom stereocenters. The average Bonchev–Trinajstić information content (AvgIpc) is 2.88. The van der Waals surface area contributed by atoms with Crippen LogP contribution in [0.15, 0.2) is 58.6 Å². The fourth-order valence-electron chi connectivity index (χ4n) is 3.75. The highest BCUT2D eigenvalue weighted by Gasteiger charge is 2.47. The fourth-order valence-corrected chi connectivity index (χ4v) is 7.69. The molecule has 1 aromatic heterocycles. The molecule has 197 valence electrons.